The van der Waals surface area contributed by atoms with Crippen LogP contribution < -0.4 is 11.1 Å². The van der Waals surface area contributed by atoms with Gasteiger partial charge in [-0.1, -0.05) is 30.7 Å². The van der Waals surface area contributed by atoms with E-state index >= 15 is 0 Å². The van der Waals surface area contributed by atoms with Gasteiger partial charge >= 0.3 is 0 Å². The molecule has 0 amide bonds. The number of nitrogens with two attached hydrogens (primary N) is 1. The van der Waals surface area contributed by atoms with E-state index in [0.29, 0.717) is 25.2 Å². The van der Waals surface area contributed by atoms with E-state index in [4.69, 9.17) is 15.2 Å². The van der Waals surface area contributed by atoms with E-state index in [1.54, 1.807) is 0 Å². The molecule has 132 valence electrons. The van der Waals surface area contributed by atoms with Crippen LogP contribution in [0.3, 0.4) is 0 Å². The number of guanidine groups is 1. The fraction of sp³-hybridized carbons (Fsp3) is 0.632. The molecule has 0 aromatic heterocycles. The second kappa shape index (κ2) is 9.04. The van der Waals surface area contributed by atoms with E-state index in [0.717, 1.165) is 44.1 Å². The molecular formula is C19H29N3O2. The number of hydrogen-bond acceptors (Lipinski definition) is 3. The van der Waals surface area contributed by atoms with E-state index in [1.165, 1.54) is 24.8 Å². The Balaban J connectivity index is 1.43. The van der Waals surface area contributed by atoms with E-state index in [1.807, 2.05) is 0 Å². The third-order valence-corrected chi connectivity index (χ3v) is 4.87. The molecule has 1 heterocycles. The molecule has 24 heavy (non-hydrogen) atoms. The quantitative estimate of drug-likeness (QED) is 0.595. The van der Waals surface area contributed by atoms with Gasteiger partial charge in [-0.15, -0.1) is 0 Å². The smallest absolute Gasteiger partial charge is 0.188 e. The van der Waals surface area contributed by atoms with E-state index < -0.39 is 0 Å². The Hall–Kier alpha value is -1.59. The Morgan fingerprint density at radius 3 is 2.75 bits per heavy atom. The highest BCUT2D eigenvalue weighted by molar-refractivity contribution is 5.77. The van der Waals surface area contributed by atoms with Crippen molar-refractivity contribution in [1.29, 1.82) is 0 Å². The van der Waals surface area contributed by atoms with Gasteiger partial charge in [0.15, 0.2) is 5.96 Å². The lowest BCUT2D eigenvalue weighted by Crippen LogP contribution is -2.37. The maximum Gasteiger partial charge on any atom is 0.188 e. The minimum atomic E-state index is 0.326. The lowest BCUT2D eigenvalue weighted by Gasteiger charge is -2.25. The molecule has 1 aliphatic carbocycles. The summed E-state index contributed by atoms with van der Waals surface area (Å²) in [7, 11) is 0. The van der Waals surface area contributed by atoms with Crippen LogP contribution in [0.25, 0.3) is 0 Å². The number of nitrogens with zero attached hydrogens (tertiary/aromatic N) is 1. The molecular weight excluding hydrogens is 302 g/mol. The molecule has 1 aromatic rings. The minimum Gasteiger partial charge on any atom is -0.381 e. The zero-order chi connectivity index (χ0) is 16.6. The number of hydrogen-bond donors (Lipinski definition) is 2. The van der Waals surface area contributed by atoms with E-state index in [2.05, 4.69) is 34.6 Å². The molecule has 5 heteroatoms. The summed E-state index contributed by atoms with van der Waals surface area (Å²) >= 11 is 0. The Labute approximate surface area is 144 Å². The van der Waals surface area contributed by atoms with Gasteiger partial charge in [0, 0.05) is 19.8 Å². The number of aliphatic imine (C=N–C) groups is 1. The average molecular weight is 331 g/mol. The zero-order valence-corrected chi connectivity index (χ0v) is 14.4. The lowest BCUT2D eigenvalue weighted by atomic mass is 9.85. The van der Waals surface area contributed by atoms with Gasteiger partial charge in [-0.3, -0.25) is 0 Å². The van der Waals surface area contributed by atoms with Gasteiger partial charge in [0.25, 0.3) is 0 Å². The first kappa shape index (κ1) is 17.2. The first-order valence-electron chi connectivity index (χ1n) is 9.10. The molecule has 5 nitrogen and oxygen atoms in total. The molecule has 1 aromatic carbocycles. The van der Waals surface area contributed by atoms with Gasteiger partial charge in [0.1, 0.15) is 0 Å². The largest absolute Gasteiger partial charge is 0.381 e. The SMILES string of the molecule is NC(=NCc1cccc(COC2CCOCC2)c1)NCC1CCC1. The summed E-state index contributed by atoms with van der Waals surface area (Å²) in [5.41, 5.74) is 8.30. The van der Waals surface area contributed by atoms with Gasteiger partial charge in [0.05, 0.1) is 19.3 Å². The summed E-state index contributed by atoms with van der Waals surface area (Å²) in [4.78, 5) is 4.44. The van der Waals surface area contributed by atoms with Gasteiger partial charge in [-0.2, -0.15) is 0 Å². The number of ether oxygens (including phenoxy) is 2. The van der Waals surface area contributed by atoms with Crippen LogP contribution in [0, 0.1) is 5.92 Å². The Kier molecular flexibility index (Phi) is 6.49. The maximum absolute atomic E-state index is 5.98. The van der Waals surface area contributed by atoms with Crippen molar-refractivity contribution >= 4 is 5.96 Å². The fourth-order valence-electron chi connectivity index (χ4n) is 3.05. The van der Waals surface area contributed by atoms with Crippen molar-refractivity contribution in [2.24, 2.45) is 16.6 Å². The van der Waals surface area contributed by atoms with Crippen LogP contribution in [0.4, 0.5) is 0 Å². The first-order chi connectivity index (χ1) is 11.8. The molecule has 1 saturated heterocycles. The summed E-state index contributed by atoms with van der Waals surface area (Å²) in [5.74, 6) is 1.33. The zero-order valence-electron chi connectivity index (χ0n) is 14.4. The van der Waals surface area contributed by atoms with Gasteiger partial charge < -0.3 is 20.5 Å². The third kappa shape index (κ3) is 5.49. The second-order valence-electron chi connectivity index (χ2n) is 6.82. The van der Waals surface area contributed by atoms with Crippen molar-refractivity contribution < 1.29 is 9.47 Å². The second-order valence-corrected chi connectivity index (χ2v) is 6.82. The normalized spacial score (nSPS) is 19.9. The molecule has 0 spiro atoms. The Morgan fingerprint density at radius 2 is 2.00 bits per heavy atom. The number of rotatable bonds is 7. The summed E-state index contributed by atoms with van der Waals surface area (Å²) in [6.07, 6.45) is 6.30. The standard InChI is InChI=1S/C19H29N3O2/c20-19(21-12-15-3-1-4-15)22-13-16-5-2-6-17(11-16)14-24-18-7-9-23-10-8-18/h2,5-6,11,15,18H,1,3-4,7-10,12-14H2,(H3,20,21,22). The van der Waals surface area contributed by atoms with Crippen LogP contribution in [0.5, 0.6) is 0 Å². The van der Waals surface area contributed by atoms with Crippen LogP contribution >= 0.6 is 0 Å². The van der Waals surface area contributed by atoms with Gasteiger partial charge in [-0.05, 0) is 42.7 Å². The predicted molar refractivity (Wildman–Crippen MR) is 95.7 cm³/mol. The monoisotopic (exact) mass is 331 g/mol. The van der Waals surface area contributed by atoms with Crippen LogP contribution in [0.1, 0.15) is 43.2 Å². The number of nitrogens with one attached hydrogen (secondary N) is 1. The number of benzene rings is 1. The molecule has 0 unspecified atom stereocenters. The molecule has 2 aliphatic rings. The molecule has 1 saturated carbocycles. The maximum atomic E-state index is 5.98. The van der Waals surface area contributed by atoms with E-state index in [9.17, 15) is 0 Å². The first-order valence-corrected chi connectivity index (χ1v) is 9.10. The lowest BCUT2D eigenvalue weighted by molar-refractivity contribution is -0.0390. The highest BCUT2D eigenvalue weighted by atomic mass is 16.5. The van der Waals surface area contributed by atoms with Crippen LogP contribution in [-0.4, -0.2) is 31.8 Å². The third-order valence-electron chi connectivity index (χ3n) is 4.87. The predicted octanol–water partition coefficient (Wildman–Crippen LogP) is 2.59. The van der Waals surface area contributed by atoms with Crippen molar-refractivity contribution in [3.8, 4) is 0 Å². The van der Waals surface area contributed by atoms with Crippen molar-refractivity contribution in [3.05, 3.63) is 35.4 Å². The van der Waals surface area contributed by atoms with Crippen molar-refractivity contribution in [2.45, 2.75) is 51.4 Å². The summed E-state index contributed by atoms with van der Waals surface area (Å²) in [5, 5.41) is 3.23. The molecule has 2 fully saturated rings. The van der Waals surface area contributed by atoms with Crippen LogP contribution in [0.15, 0.2) is 29.3 Å². The van der Waals surface area contributed by atoms with Gasteiger partial charge in [-0.25, -0.2) is 4.99 Å². The fourth-order valence-corrected chi connectivity index (χ4v) is 3.05. The molecule has 3 N–H and O–H groups in total. The Morgan fingerprint density at radius 1 is 1.21 bits per heavy atom. The highest BCUT2D eigenvalue weighted by Gasteiger charge is 2.16. The Bertz CT molecular complexity index is 537. The molecule has 0 bridgehead atoms. The van der Waals surface area contributed by atoms with Gasteiger partial charge in [0.2, 0.25) is 0 Å². The molecule has 3 rings (SSSR count). The van der Waals surface area contributed by atoms with Crippen molar-refractivity contribution in [1.82, 2.24) is 5.32 Å². The van der Waals surface area contributed by atoms with Crippen LogP contribution in [-0.2, 0) is 22.6 Å². The van der Waals surface area contributed by atoms with Crippen molar-refractivity contribution in [2.75, 3.05) is 19.8 Å². The van der Waals surface area contributed by atoms with Crippen molar-refractivity contribution in [3.63, 3.8) is 0 Å². The van der Waals surface area contributed by atoms with E-state index in [-0.39, 0.29) is 0 Å². The summed E-state index contributed by atoms with van der Waals surface area (Å²) in [6.45, 7) is 3.83. The average Bonchev–Trinajstić information content (AvgIpc) is 2.58. The van der Waals surface area contributed by atoms with Crippen LogP contribution in [0.2, 0.25) is 0 Å². The topological polar surface area (TPSA) is 68.9 Å². The molecule has 0 radical (unpaired) electrons. The minimum absolute atomic E-state index is 0.326. The summed E-state index contributed by atoms with van der Waals surface area (Å²) in [6, 6.07) is 8.40. The highest BCUT2D eigenvalue weighted by Crippen LogP contribution is 2.25. The summed E-state index contributed by atoms with van der Waals surface area (Å²) < 4.78 is 11.3. The molecule has 1 aliphatic heterocycles. The molecule has 0 atom stereocenters.